The summed E-state index contributed by atoms with van der Waals surface area (Å²) in [5.41, 5.74) is 3.35. The summed E-state index contributed by atoms with van der Waals surface area (Å²) in [4.78, 5) is 22.0. The number of carbonyl (C=O) groups is 2. The van der Waals surface area contributed by atoms with Crippen LogP contribution in [0.1, 0.15) is 13.3 Å². The summed E-state index contributed by atoms with van der Waals surface area (Å²) in [5, 5.41) is 0. The third kappa shape index (κ3) is 1.15. The molecule has 2 amide bonds. The topological polar surface area (TPSA) is 110 Å². The largest absolute Gasteiger partial charge is 0.294 e. The normalized spacial score (nSPS) is 32.4. The smallest absolute Gasteiger partial charge is 0.240 e. The minimum Gasteiger partial charge on any atom is -0.294 e. The molecule has 68 valence electrons. The van der Waals surface area contributed by atoms with Gasteiger partial charge in [0, 0.05) is 0 Å². The maximum atomic E-state index is 11.1. The van der Waals surface area contributed by atoms with Crippen molar-refractivity contribution in [2.75, 3.05) is 0 Å². The first-order valence-electron chi connectivity index (χ1n) is 3.57. The molecule has 0 bridgehead atoms. The van der Waals surface area contributed by atoms with E-state index in [1.165, 1.54) is 0 Å². The molecule has 1 fully saturated rings. The van der Waals surface area contributed by atoms with Crippen molar-refractivity contribution >= 4 is 11.8 Å². The lowest BCUT2D eigenvalue weighted by Crippen LogP contribution is -2.40. The van der Waals surface area contributed by atoms with E-state index in [2.05, 4.69) is 0 Å². The van der Waals surface area contributed by atoms with E-state index in [-0.39, 0.29) is 17.7 Å². The lowest BCUT2D eigenvalue weighted by molar-refractivity contribution is -0.130. The second-order valence-corrected chi connectivity index (χ2v) is 3.16. The molecule has 0 aromatic carbocycles. The second kappa shape index (κ2) is 2.72. The first-order valence-corrected chi connectivity index (χ1v) is 3.57. The van der Waals surface area contributed by atoms with Crippen LogP contribution in [-0.4, -0.2) is 11.8 Å². The predicted octanol–water partition coefficient (Wildman–Crippen LogP) is -2.01. The van der Waals surface area contributed by atoms with Crippen molar-refractivity contribution < 1.29 is 9.59 Å². The molecule has 6 N–H and O–H groups in total. The zero-order valence-electron chi connectivity index (χ0n) is 6.76. The Hall–Kier alpha value is -1.14. The first-order chi connectivity index (χ1) is 5.56. The van der Waals surface area contributed by atoms with Crippen LogP contribution in [0.15, 0.2) is 0 Å². The Labute approximate surface area is 69.6 Å². The minimum atomic E-state index is -0.668. The fourth-order valence-corrected chi connectivity index (χ4v) is 1.26. The average Bonchev–Trinajstić information content (AvgIpc) is 2.76. The molecule has 6 nitrogen and oxygen atoms in total. The molecule has 12 heavy (non-hydrogen) atoms. The maximum Gasteiger partial charge on any atom is 0.240 e. The Kier molecular flexibility index (Phi) is 2.03. The molecule has 0 aliphatic heterocycles. The molecule has 0 unspecified atom stereocenters. The van der Waals surface area contributed by atoms with Gasteiger partial charge >= 0.3 is 0 Å². The van der Waals surface area contributed by atoms with E-state index < -0.39 is 5.41 Å². The SMILES string of the molecule is C[C@@]1(C(=O)NN)C[C@H]1C(=O)NN. The highest BCUT2D eigenvalue weighted by Crippen LogP contribution is 2.52. The number of hydrogen-bond donors (Lipinski definition) is 4. The average molecular weight is 172 g/mol. The quantitative estimate of drug-likeness (QED) is 0.219. The van der Waals surface area contributed by atoms with Crippen molar-refractivity contribution in [1.29, 1.82) is 0 Å². The Bertz CT molecular complexity index is 230. The van der Waals surface area contributed by atoms with Gasteiger partial charge in [-0.15, -0.1) is 0 Å². The summed E-state index contributed by atoms with van der Waals surface area (Å²) < 4.78 is 0. The third-order valence-electron chi connectivity index (χ3n) is 2.35. The van der Waals surface area contributed by atoms with Gasteiger partial charge in [0.25, 0.3) is 0 Å². The van der Waals surface area contributed by atoms with Crippen molar-refractivity contribution in [3.8, 4) is 0 Å². The van der Waals surface area contributed by atoms with E-state index >= 15 is 0 Å². The molecule has 2 atom stereocenters. The highest BCUT2D eigenvalue weighted by atomic mass is 16.2. The zero-order valence-corrected chi connectivity index (χ0v) is 6.76. The van der Waals surface area contributed by atoms with Gasteiger partial charge in [-0.25, -0.2) is 11.7 Å². The molecule has 0 aromatic heterocycles. The van der Waals surface area contributed by atoms with Crippen molar-refractivity contribution in [3.63, 3.8) is 0 Å². The van der Waals surface area contributed by atoms with Gasteiger partial charge in [0.1, 0.15) is 0 Å². The molecular weight excluding hydrogens is 160 g/mol. The van der Waals surface area contributed by atoms with E-state index in [0.29, 0.717) is 6.42 Å². The minimum absolute atomic E-state index is 0.318. The van der Waals surface area contributed by atoms with Crippen molar-refractivity contribution in [1.82, 2.24) is 10.9 Å². The van der Waals surface area contributed by atoms with Crippen LogP contribution in [0, 0.1) is 11.3 Å². The number of hydrogen-bond acceptors (Lipinski definition) is 4. The monoisotopic (exact) mass is 172 g/mol. The summed E-state index contributed by atoms with van der Waals surface area (Å²) >= 11 is 0. The van der Waals surface area contributed by atoms with Crippen LogP contribution in [0.2, 0.25) is 0 Å². The highest BCUT2D eigenvalue weighted by molar-refractivity contribution is 5.95. The Balaban J connectivity index is 2.59. The highest BCUT2D eigenvalue weighted by Gasteiger charge is 2.59. The molecule has 0 aromatic rings. The van der Waals surface area contributed by atoms with Gasteiger partial charge in [-0.1, -0.05) is 0 Å². The fraction of sp³-hybridized carbons (Fsp3) is 0.667. The molecule has 6 heteroatoms. The van der Waals surface area contributed by atoms with Gasteiger partial charge in [-0.2, -0.15) is 0 Å². The van der Waals surface area contributed by atoms with Gasteiger partial charge in [-0.05, 0) is 13.3 Å². The molecule has 0 spiro atoms. The lowest BCUT2D eigenvalue weighted by atomic mass is 10.1. The van der Waals surface area contributed by atoms with E-state index in [4.69, 9.17) is 11.7 Å². The summed E-state index contributed by atoms with van der Waals surface area (Å²) in [6, 6.07) is 0. The number of amides is 2. The van der Waals surface area contributed by atoms with Crippen LogP contribution in [0.4, 0.5) is 0 Å². The second-order valence-electron chi connectivity index (χ2n) is 3.16. The molecule has 1 rings (SSSR count). The summed E-state index contributed by atoms with van der Waals surface area (Å²) in [6.45, 7) is 1.68. The predicted molar refractivity (Wildman–Crippen MR) is 40.9 cm³/mol. The molecule has 0 saturated heterocycles. The van der Waals surface area contributed by atoms with Crippen LogP contribution >= 0.6 is 0 Å². The van der Waals surface area contributed by atoms with E-state index in [1.54, 1.807) is 6.92 Å². The number of nitrogens with one attached hydrogen (secondary N) is 2. The number of nitrogens with two attached hydrogens (primary N) is 2. The first kappa shape index (κ1) is 8.95. The van der Waals surface area contributed by atoms with Crippen molar-refractivity contribution in [2.24, 2.45) is 23.0 Å². The zero-order chi connectivity index (χ0) is 9.35. The summed E-state index contributed by atoms with van der Waals surface area (Å²) in [6.07, 6.45) is 0.499. The Morgan fingerprint density at radius 2 is 2.00 bits per heavy atom. The number of carbonyl (C=O) groups excluding carboxylic acids is 2. The Morgan fingerprint density at radius 1 is 1.42 bits per heavy atom. The number of hydrazine groups is 2. The van der Waals surface area contributed by atoms with Gasteiger partial charge in [0.15, 0.2) is 0 Å². The fourth-order valence-electron chi connectivity index (χ4n) is 1.26. The molecular formula is C6H12N4O2. The number of rotatable bonds is 2. The molecule has 1 aliphatic rings. The van der Waals surface area contributed by atoms with Gasteiger partial charge in [0.05, 0.1) is 11.3 Å². The lowest BCUT2D eigenvalue weighted by Gasteiger charge is -2.07. The van der Waals surface area contributed by atoms with Crippen LogP contribution in [0.25, 0.3) is 0 Å². The molecule has 1 aliphatic carbocycles. The van der Waals surface area contributed by atoms with E-state index in [9.17, 15) is 9.59 Å². The van der Waals surface area contributed by atoms with Crippen LogP contribution in [-0.2, 0) is 9.59 Å². The van der Waals surface area contributed by atoms with Crippen LogP contribution in [0.5, 0.6) is 0 Å². The third-order valence-corrected chi connectivity index (χ3v) is 2.35. The standard InChI is InChI=1S/C6H12N4O2/c1-6(5(12)10-8)2-3(6)4(11)9-7/h3H,2,7-8H2,1H3,(H,9,11)(H,10,12)/t3-,6+/m0/s1. The maximum absolute atomic E-state index is 11.1. The van der Waals surface area contributed by atoms with Crippen molar-refractivity contribution in [2.45, 2.75) is 13.3 Å². The van der Waals surface area contributed by atoms with E-state index in [0.717, 1.165) is 0 Å². The molecule has 0 heterocycles. The van der Waals surface area contributed by atoms with Crippen molar-refractivity contribution in [3.05, 3.63) is 0 Å². The van der Waals surface area contributed by atoms with Crippen LogP contribution < -0.4 is 22.5 Å². The summed E-state index contributed by atoms with van der Waals surface area (Å²) in [7, 11) is 0. The van der Waals surface area contributed by atoms with E-state index in [1.807, 2.05) is 10.9 Å². The molecule has 0 radical (unpaired) electrons. The summed E-state index contributed by atoms with van der Waals surface area (Å²) in [5.74, 6) is 8.87. The molecule has 1 saturated carbocycles. The van der Waals surface area contributed by atoms with Gasteiger partial charge < -0.3 is 0 Å². The van der Waals surface area contributed by atoms with Crippen LogP contribution in [0.3, 0.4) is 0 Å². The Morgan fingerprint density at radius 3 is 2.42 bits per heavy atom. The van der Waals surface area contributed by atoms with Gasteiger partial charge in [0.2, 0.25) is 11.8 Å². The van der Waals surface area contributed by atoms with Gasteiger partial charge in [-0.3, -0.25) is 20.4 Å².